The number of nitrogens with zero attached hydrogens (tertiary/aromatic N) is 1. The first-order valence-electron chi connectivity index (χ1n) is 6.11. The van der Waals surface area contributed by atoms with Crippen LogP contribution in [-0.4, -0.2) is 30.5 Å². The number of aromatic nitrogens is 1. The van der Waals surface area contributed by atoms with Gasteiger partial charge in [-0.3, -0.25) is 4.98 Å². The highest BCUT2D eigenvalue weighted by atomic mass is 16.7. The SMILES string of the molecule is C[C@H](NCCC1(C)OCCO1)c1ccncc1. The molecule has 0 bridgehead atoms. The van der Waals surface area contributed by atoms with Crippen LogP contribution in [0.5, 0.6) is 0 Å². The lowest BCUT2D eigenvalue weighted by Crippen LogP contribution is -2.32. The highest BCUT2D eigenvalue weighted by Crippen LogP contribution is 2.22. The zero-order chi connectivity index (χ0) is 12.1. The zero-order valence-corrected chi connectivity index (χ0v) is 10.5. The Morgan fingerprint density at radius 1 is 1.35 bits per heavy atom. The molecule has 1 aliphatic heterocycles. The Kier molecular flexibility index (Phi) is 4.10. The molecule has 1 aromatic heterocycles. The molecule has 94 valence electrons. The van der Waals surface area contributed by atoms with Crippen LogP contribution in [0.3, 0.4) is 0 Å². The molecule has 0 amide bonds. The summed E-state index contributed by atoms with van der Waals surface area (Å²) in [5, 5.41) is 3.46. The van der Waals surface area contributed by atoms with E-state index in [1.165, 1.54) is 5.56 Å². The van der Waals surface area contributed by atoms with Gasteiger partial charge in [0.25, 0.3) is 0 Å². The number of pyridine rings is 1. The second-order valence-electron chi connectivity index (χ2n) is 4.54. The predicted molar refractivity (Wildman–Crippen MR) is 65.6 cm³/mol. The van der Waals surface area contributed by atoms with Gasteiger partial charge in [0.05, 0.1) is 13.2 Å². The molecule has 2 rings (SSSR count). The molecule has 2 heterocycles. The molecule has 0 aromatic carbocycles. The highest BCUT2D eigenvalue weighted by Gasteiger charge is 2.30. The van der Waals surface area contributed by atoms with E-state index in [2.05, 4.69) is 17.2 Å². The first kappa shape index (κ1) is 12.5. The summed E-state index contributed by atoms with van der Waals surface area (Å²) in [7, 11) is 0. The van der Waals surface area contributed by atoms with Gasteiger partial charge in [-0.15, -0.1) is 0 Å². The average Bonchev–Trinajstić information content (AvgIpc) is 2.77. The zero-order valence-electron chi connectivity index (χ0n) is 10.5. The van der Waals surface area contributed by atoms with Crippen molar-refractivity contribution in [3.63, 3.8) is 0 Å². The Morgan fingerprint density at radius 2 is 2.00 bits per heavy atom. The van der Waals surface area contributed by atoms with E-state index in [0.29, 0.717) is 19.3 Å². The molecule has 1 fully saturated rings. The smallest absolute Gasteiger partial charge is 0.166 e. The molecule has 0 aliphatic carbocycles. The molecule has 1 saturated heterocycles. The van der Waals surface area contributed by atoms with Crippen molar-refractivity contribution in [2.75, 3.05) is 19.8 Å². The summed E-state index contributed by atoms with van der Waals surface area (Å²) in [6.45, 7) is 6.43. The summed E-state index contributed by atoms with van der Waals surface area (Å²) in [6.07, 6.45) is 4.50. The standard InChI is InChI=1S/C13H20N2O2/c1-11(12-3-6-14-7-4-12)15-8-5-13(2)16-9-10-17-13/h3-4,6-7,11,15H,5,8-10H2,1-2H3/t11-/m0/s1. The van der Waals surface area contributed by atoms with Gasteiger partial charge in [-0.05, 0) is 31.5 Å². The van der Waals surface area contributed by atoms with Crippen LogP contribution in [0, 0.1) is 0 Å². The second kappa shape index (κ2) is 5.58. The van der Waals surface area contributed by atoms with Gasteiger partial charge in [0, 0.05) is 31.4 Å². The van der Waals surface area contributed by atoms with E-state index < -0.39 is 5.79 Å². The van der Waals surface area contributed by atoms with Crippen molar-refractivity contribution in [2.24, 2.45) is 0 Å². The summed E-state index contributed by atoms with van der Waals surface area (Å²) >= 11 is 0. The molecular formula is C13H20N2O2. The van der Waals surface area contributed by atoms with E-state index >= 15 is 0 Å². The van der Waals surface area contributed by atoms with Crippen molar-refractivity contribution in [1.82, 2.24) is 10.3 Å². The van der Waals surface area contributed by atoms with Crippen LogP contribution in [0.1, 0.15) is 31.9 Å². The first-order chi connectivity index (χ1) is 8.20. The maximum absolute atomic E-state index is 5.56. The van der Waals surface area contributed by atoms with Gasteiger partial charge in [0.1, 0.15) is 0 Å². The third-order valence-corrected chi connectivity index (χ3v) is 3.13. The molecule has 4 heteroatoms. The molecule has 1 aliphatic rings. The van der Waals surface area contributed by atoms with E-state index in [1.54, 1.807) is 0 Å². The van der Waals surface area contributed by atoms with Crippen LogP contribution in [0.25, 0.3) is 0 Å². The third-order valence-electron chi connectivity index (χ3n) is 3.13. The van der Waals surface area contributed by atoms with Gasteiger partial charge >= 0.3 is 0 Å². The topological polar surface area (TPSA) is 43.4 Å². The highest BCUT2D eigenvalue weighted by molar-refractivity contribution is 5.13. The number of ether oxygens (including phenoxy) is 2. The Labute approximate surface area is 102 Å². The van der Waals surface area contributed by atoms with Crippen molar-refractivity contribution in [1.29, 1.82) is 0 Å². The van der Waals surface area contributed by atoms with Crippen LogP contribution < -0.4 is 5.32 Å². The van der Waals surface area contributed by atoms with Gasteiger partial charge in [0.15, 0.2) is 5.79 Å². The number of rotatable bonds is 5. The Hall–Kier alpha value is -0.970. The summed E-state index contributed by atoms with van der Waals surface area (Å²) in [4.78, 5) is 4.01. The molecule has 1 atom stereocenters. The molecule has 1 N–H and O–H groups in total. The van der Waals surface area contributed by atoms with Crippen LogP contribution in [-0.2, 0) is 9.47 Å². The van der Waals surface area contributed by atoms with E-state index in [4.69, 9.17) is 9.47 Å². The largest absolute Gasteiger partial charge is 0.348 e. The second-order valence-corrected chi connectivity index (χ2v) is 4.54. The molecule has 4 nitrogen and oxygen atoms in total. The molecule has 0 radical (unpaired) electrons. The van der Waals surface area contributed by atoms with E-state index in [-0.39, 0.29) is 0 Å². The summed E-state index contributed by atoms with van der Waals surface area (Å²) in [5.41, 5.74) is 1.25. The average molecular weight is 236 g/mol. The van der Waals surface area contributed by atoms with Crippen molar-refractivity contribution in [3.05, 3.63) is 30.1 Å². The van der Waals surface area contributed by atoms with Crippen molar-refractivity contribution < 1.29 is 9.47 Å². The Balaban J connectivity index is 1.75. The molecule has 1 aromatic rings. The van der Waals surface area contributed by atoms with Crippen LogP contribution >= 0.6 is 0 Å². The monoisotopic (exact) mass is 236 g/mol. The Morgan fingerprint density at radius 3 is 2.65 bits per heavy atom. The Bertz CT molecular complexity index is 337. The lowest BCUT2D eigenvalue weighted by molar-refractivity contribution is -0.145. The first-order valence-corrected chi connectivity index (χ1v) is 6.11. The maximum Gasteiger partial charge on any atom is 0.166 e. The van der Waals surface area contributed by atoms with Gasteiger partial charge in [0.2, 0.25) is 0 Å². The normalized spacial score (nSPS) is 20.4. The summed E-state index contributed by atoms with van der Waals surface area (Å²) in [5.74, 6) is -0.398. The predicted octanol–water partition coefficient (Wildman–Crippen LogP) is 1.89. The van der Waals surface area contributed by atoms with Crippen LogP contribution in [0.4, 0.5) is 0 Å². The van der Waals surface area contributed by atoms with E-state index in [1.807, 2.05) is 31.5 Å². The molecule has 0 spiro atoms. The fourth-order valence-corrected chi connectivity index (χ4v) is 1.99. The minimum atomic E-state index is -0.398. The fourth-order valence-electron chi connectivity index (χ4n) is 1.99. The maximum atomic E-state index is 5.56. The molecule has 17 heavy (non-hydrogen) atoms. The van der Waals surface area contributed by atoms with Gasteiger partial charge in [-0.1, -0.05) is 0 Å². The van der Waals surface area contributed by atoms with Crippen LogP contribution in [0.2, 0.25) is 0 Å². The van der Waals surface area contributed by atoms with E-state index in [0.717, 1.165) is 13.0 Å². The van der Waals surface area contributed by atoms with Gasteiger partial charge < -0.3 is 14.8 Å². The quantitative estimate of drug-likeness (QED) is 0.847. The summed E-state index contributed by atoms with van der Waals surface area (Å²) < 4.78 is 11.1. The van der Waals surface area contributed by atoms with Crippen molar-refractivity contribution in [2.45, 2.75) is 32.1 Å². The minimum Gasteiger partial charge on any atom is -0.348 e. The van der Waals surface area contributed by atoms with Crippen molar-refractivity contribution >= 4 is 0 Å². The lowest BCUT2D eigenvalue weighted by atomic mass is 10.1. The van der Waals surface area contributed by atoms with Gasteiger partial charge in [-0.2, -0.15) is 0 Å². The fraction of sp³-hybridized carbons (Fsp3) is 0.615. The molecule has 0 saturated carbocycles. The number of hydrogen-bond donors (Lipinski definition) is 1. The summed E-state index contributed by atoms with van der Waals surface area (Å²) in [6, 6.07) is 4.38. The van der Waals surface area contributed by atoms with Gasteiger partial charge in [-0.25, -0.2) is 0 Å². The number of hydrogen-bond acceptors (Lipinski definition) is 4. The van der Waals surface area contributed by atoms with Crippen LogP contribution in [0.15, 0.2) is 24.5 Å². The van der Waals surface area contributed by atoms with Crippen molar-refractivity contribution in [3.8, 4) is 0 Å². The van der Waals surface area contributed by atoms with E-state index in [9.17, 15) is 0 Å². The third kappa shape index (κ3) is 3.49. The molecular weight excluding hydrogens is 216 g/mol. The lowest BCUT2D eigenvalue weighted by Gasteiger charge is -2.23. The number of nitrogens with one attached hydrogen (secondary N) is 1. The minimum absolute atomic E-state index is 0.322. The molecule has 0 unspecified atom stereocenters.